The first-order valence-corrected chi connectivity index (χ1v) is 8.34. The Morgan fingerprint density at radius 1 is 0.720 bits per heavy atom. The van der Waals surface area contributed by atoms with Crippen molar-refractivity contribution in [2.24, 2.45) is 0 Å². The Labute approximate surface area is 150 Å². The zero-order chi connectivity index (χ0) is 17.1. The third-order valence-corrected chi connectivity index (χ3v) is 4.24. The van der Waals surface area contributed by atoms with E-state index in [0.717, 1.165) is 16.7 Å². The lowest BCUT2D eigenvalue weighted by molar-refractivity contribution is 0.505. The van der Waals surface area contributed by atoms with Crippen LogP contribution >= 0.6 is 11.6 Å². The smallest absolute Gasteiger partial charge is 0.152 e. The second kappa shape index (κ2) is 6.87. The van der Waals surface area contributed by atoms with E-state index in [1.807, 2.05) is 72.8 Å². The molecule has 0 saturated carbocycles. The lowest BCUT2D eigenvalue weighted by Gasteiger charge is -2.16. The van der Waals surface area contributed by atoms with Crippen LogP contribution in [-0.4, -0.2) is 20.2 Å². The minimum absolute atomic E-state index is 0.163. The number of hydrogen-bond acceptors (Lipinski definition) is 3. The zero-order valence-corrected chi connectivity index (χ0v) is 14.1. The molecule has 1 heterocycles. The molecule has 0 aliphatic heterocycles. The number of nitrogens with zero attached hydrogens (tertiary/aromatic N) is 4. The second-order valence-electron chi connectivity index (χ2n) is 5.66. The second-order valence-corrected chi connectivity index (χ2v) is 6.10. The van der Waals surface area contributed by atoms with Crippen molar-refractivity contribution in [2.45, 2.75) is 6.04 Å². The van der Waals surface area contributed by atoms with Crippen molar-refractivity contribution in [3.05, 3.63) is 101 Å². The largest absolute Gasteiger partial charge is 0.204 e. The van der Waals surface area contributed by atoms with Gasteiger partial charge in [0.2, 0.25) is 5.82 Å². The maximum Gasteiger partial charge on any atom is 0.204 e. The minimum atomic E-state index is -0.163. The number of benzene rings is 3. The van der Waals surface area contributed by atoms with Gasteiger partial charge in [0.25, 0.3) is 0 Å². The lowest BCUT2D eigenvalue weighted by atomic mass is 9.99. The molecule has 122 valence electrons. The summed E-state index contributed by atoms with van der Waals surface area (Å²) in [6, 6.07) is 27.5. The molecule has 4 nitrogen and oxygen atoms in total. The molecule has 25 heavy (non-hydrogen) atoms. The molecule has 0 radical (unpaired) electrons. The van der Waals surface area contributed by atoms with Crippen LogP contribution in [0, 0.1) is 0 Å². The summed E-state index contributed by atoms with van der Waals surface area (Å²) in [5.74, 6) is 0.607. The van der Waals surface area contributed by atoms with E-state index in [1.54, 1.807) is 4.80 Å². The van der Waals surface area contributed by atoms with Gasteiger partial charge >= 0.3 is 0 Å². The maximum atomic E-state index is 6.04. The Hall–Kier alpha value is -2.98. The Morgan fingerprint density at radius 3 is 2.00 bits per heavy atom. The molecule has 0 spiro atoms. The van der Waals surface area contributed by atoms with Crippen molar-refractivity contribution >= 4 is 11.6 Å². The van der Waals surface area contributed by atoms with E-state index in [9.17, 15) is 0 Å². The van der Waals surface area contributed by atoms with Gasteiger partial charge in [-0.2, -0.15) is 4.80 Å². The van der Waals surface area contributed by atoms with Crippen molar-refractivity contribution in [1.29, 1.82) is 0 Å². The molecular formula is C20H15ClN4. The maximum absolute atomic E-state index is 6.04. The van der Waals surface area contributed by atoms with Crippen LogP contribution in [0.25, 0.3) is 11.4 Å². The van der Waals surface area contributed by atoms with Gasteiger partial charge < -0.3 is 0 Å². The SMILES string of the molecule is Clc1ccc([C@@H](c2ccccc2)n2nnc(-c3ccccc3)n2)cc1. The Balaban J connectivity index is 1.79. The molecular weight excluding hydrogens is 332 g/mol. The average molecular weight is 347 g/mol. The molecule has 0 fully saturated rings. The van der Waals surface area contributed by atoms with Crippen molar-refractivity contribution in [3.63, 3.8) is 0 Å². The van der Waals surface area contributed by atoms with Crippen molar-refractivity contribution in [2.75, 3.05) is 0 Å². The molecule has 0 aliphatic carbocycles. The van der Waals surface area contributed by atoms with E-state index in [2.05, 4.69) is 27.5 Å². The molecule has 5 heteroatoms. The van der Waals surface area contributed by atoms with Gasteiger partial charge in [0.1, 0.15) is 6.04 Å². The predicted molar refractivity (Wildman–Crippen MR) is 98.4 cm³/mol. The quantitative estimate of drug-likeness (QED) is 0.541. The fraction of sp³-hybridized carbons (Fsp3) is 0.0500. The van der Waals surface area contributed by atoms with Gasteiger partial charge in [-0.3, -0.25) is 0 Å². The topological polar surface area (TPSA) is 43.6 Å². The van der Waals surface area contributed by atoms with Crippen LogP contribution in [0.4, 0.5) is 0 Å². The fourth-order valence-electron chi connectivity index (χ4n) is 2.78. The van der Waals surface area contributed by atoms with Crippen LogP contribution < -0.4 is 0 Å². The van der Waals surface area contributed by atoms with Gasteiger partial charge in [0.15, 0.2) is 0 Å². The van der Waals surface area contributed by atoms with E-state index in [4.69, 9.17) is 11.6 Å². The Morgan fingerprint density at radius 2 is 1.32 bits per heavy atom. The molecule has 3 aromatic carbocycles. The first-order valence-electron chi connectivity index (χ1n) is 7.96. The minimum Gasteiger partial charge on any atom is -0.152 e. The van der Waals surface area contributed by atoms with Crippen molar-refractivity contribution in [1.82, 2.24) is 20.2 Å². The summed E-state index contributed by atoms with van der Waals surface area (Å²) in [7, 11) is 0. The van der Waals surface area contributed by atoms with E-state index in [-0.39, 0.29) is 6.04 Å². The number of aromatic nitrogens is 4. The predicted octanol–water partition coefficient (Wildman–Crippen LogP) is 4.63. The van der Waals surface area contributed by atoms with E-state index in [0.29, 0.717) is 10.8 Å². The average Bonchev–Trinajstić information content (AvgIpc) is 3.15. The van der Waals surface area contributed by atoms with Crippen LogP contribution in [-0.2, 0) is 0 Å². The highest BCUT2D eigenvalue weighted by atomic mass is 35.5. The number of tetrazole rings is 1. The van der Waals surface area contributed by atoms with Crippen LogP contribution in [0.2, 0.25) is 5.02 Å². The van der Waals surface area contributed by atoms with Crippen LogP contribution in [0.5, 0.6) is 0 Å². The number of rotatable bonds is 4. The summed E-state index contributed by atoms with van der Waals surface area (Å²) in [6.45, 7) is 0. The van der Waals surface area contributed by atoms with Crippen LogP contribution in [0.3, 0.4) is 0 Å². The fourth-order valence-corrected chi connectivity index (χ4v) is 2.90. The first-order chi connectivity index (χ1) is 12.3. The zero-order valence-electron chi connectivity index (χ0n) is 13.3. The van der Waals surface area contributed by atoms with E-state index >= 15 is 0 Å². The van der Waals surface area contributed by atoms with Gasteiger partial charge in [-0.15, -0.1) is 10.2 Å². The number of hydrogen-bond donors (Lipinski definition) is 0. The normalized spacial score (nSPS) is 12.0. The third kappa shape index (κ3) is 3.30. The lowest BCUT2D eigenvalue weighted by Crippen LogP contribution is -2.15. The molecule has 4 rings (SSSR count). The van der Waals surface area contributed by atoms with E-state index < -0.39 is 0 Å². The monoisotopic (exact) mass is 346 g/mol. The highest BCUT2D eigenvalue weighted by Gasteiger charge is 2.20. The van der Waals surface area contributed by atoms with Gasteiger partial charge in [0.05, 0.1) is 0 Å². The molecule has 0 bridgehead atoms. The molecule has 0 unspecified atom stereocenters. The molecule has 0 amide bonds. The molecule has 0 aliphatic rings. The van der Waals surface area contributed by atoms with E-state index in [1.165, 1.54) is 0 Å². The van der Waals surface area contributed by atoms with Crippen LogP contribution in [0.1, 0.15) is 17.2 Å². The van der Waals surface area contributed by atoms with Gasteiger partial charge in [-0.05, 0) is 28.5 Å². The van der Waals surface area contributed by atoms with Gasteiger partial charge in [0, 0.05) is 10.6 Å². The third-order valence-electron chi connectivity index (χ3n) is 3.99. The summed E-state index contributed by atoms with van der Waals surface area (Å²) in [5.41, 5.74) is 3.08. The number of halogens is 1. The summed E-state index contributed by atoms with van der Waals surface area (Å²) >= 11 is 6.04. The Kier molecular flexibility index (Phi) is 4.27. The molecule has 1 aromatic heterocycles. The van der Waals surface area contributed by atoms with Gasteiger partial charge in [-0.25, -0.2) is 0 Å². The molecule has 4 aromatic rings. The molecule has 1 atom stereocenters. The highest BCUT2D eigenvalue weighted by Crippen LogP contribution is 2.27. The first kappa shape index (κ1) is 15.5. The summed E-state index contributed by atoms with van der Waals surface area (Å²) < 4.78 is 0. The summed E-state index contributed by atoms with van der Waals surface area (Å²) in [4.78, 5) is 1.65. The molecule has 0 N–H and O–H groups in total. The van der Waals surface area contributed by atoms with Crippen LogP contribution in [0.15, 0.2) is 84.9 Å². The standard InChI is InChI=1S/C20H15ClN4/c21-18-13-11-16(12-14-18)19(15-7-3-1-4-8-15)25-23-20(22-24-25)17-9-5-2-6-10-17/h1-14,19H/t19-/m1/s1. The van der Waals surface area contributed by atoms with Crippen molar-refractivity contribution in [3.8, 4) is 11.4 Å². The Bertz CT molecular complexity index is 950. The molecule has 0 saturated heterocycles. The van der Waals surface area contributed by atoms with Crippen molar-refractivity contribution < 1.29 is 0 Å². The van der Waals surface area contributed by atoms with Gasteiger partial charge in [-0.1, -0.05) is 84.4 Å². The summed E-state index contributed by atoms with van der Waals surface area (Å²) in [5, 5.41) is 13.9. The highest BCUT2D eigenvalue weighted by molar-refractivity contribution is 6.30. The summed E-state index contributed by atoms with van der Waals surface area (Å²) in [6.07, 6.45) is 0.